The molecule has 1 saturated heterocycles. The summed E-state index contributed by atoms with van der Waals surface area (Å²) in [5.41, 5.74) is 0. The maximum atomic E-state index is 12.0. The molecule has 1 amide bonds. The first kappa shape index (κ1) is 16.1. The summed E-state index contributed by atoms with van der Waals surface area (Å²) in [6.45, 7) is -1.43. The Balaban J connectivity index is 2.81. The lowest BCUT2D eigenvalue weighted by Gasteiger charge is -2.33. The largest absolute Gasteiger partial charge is 0.402 e. The number of rotatable bonds is 4. The number of hydrogen-bond donors (Lipinski definition) is 3. The van der Waals surface area contributed by atoms with Crippen LogP contribution in [0.3, 0.4) is 0 Å². The second kappa shape index (κ2) is 6.03. The molecule has 0 aromatic heterocycles. The van der Waals surface area contributed by atoms with E-state index in [9.17, 15) is 26.4 Å². The van der Waals surface area contributed by atoms with Crippen molar-refractivity contribution in [2.75, 3.05) is 33.2 Å². The number of piperazine rings is 1. The number of amides is 1. The van der Waals surface area contributed by atoms with E-state index >= 15 is 0 Å². The molecule has 11 heteroatoms. The molecule has 0 aliphatic carbocycles. The maximum Gasteiger partial charge on any atom is 0.402 e. The monoisotopic (exact) mass is 304 g/mol. The van der Waals surface area contributed by atoms with Gasteiger partial charge in [-0.1, -0.05) is 0 Å². The highest BCUT2D eigenvalue weighted by Gasteiger charge is 2.38. The first-order valence-corrected chi connectivity index (χ1v) is 6.87. The van der Waals surface area contributed by atoms with Gasteiger partial charge < -0.3 is 10.6 Å². The van der Waals surface area contributed by atoms with Crippen LogP contribution in [0.2, 0.25) is 0 Å². The van der Waals surface area contributed by atoms with E-state index in [-0.39, 0.29) is 19.6 Å². The third-order valence-corrected chi connectivity index (χ3v) is 4.07. The first-order valence-electron chi connectivity index (χ1n) is 5.43. The summed E-state index contributed by atoms with van der Waals surface area (Å²) in [5.74, 6) is -0.579. The van der Waals surface area contributed by atoms with E-state index in [1.165, 1.54) is 11.8 Å². The number of nitrogens with one attached hydrogen (secondary N) is 3. The lowest BCUT2D eigenvalue weighted by atomic mass is 10.2. The van der Waals surface area contributed by atoms with Crippen LogP contribution in [0, 0.1) is 0 Å². The zero-order valence-electron chi connectivity index (χ0n) is 10.1. The third-order valence-electron chi connectivity index (χ3n) is 2.51. The highest BCUT2D eigenvalue weighted by Crippen LogP contribution is 2.15. The van der Waals surface area contributed by atoms with Gasteiger partial charge in [0, 0.05) is 26.7 Å². The first-order chi connectivity index (χ1) is 8.67. The standard InChI is InChI=1S/C8H15F3N4O3S/c1-12-7(16)6-4-13-2-3-15(6)19(17,18)14-5-8(9,10)11/h6,13-14H,2-5H2,1H3,(H,12,16). The molecule has 0 saturated carbocycles. The van der Waals surface area contributed by atoms with Gasteiger partial charge in [-0.25, -0.2) is 0 Å². The lowest BCUT2D eigenvalue weighted by Crippen LogP contribution is -2.61. The van der Waals surface area contributed by atoms with Crippen LogP contribution in [-0.2, 0) is 15.0 Å². The van der Waals surface area contributed by atoms with Gasteiger partial charge in [0.25, 0.3) is 10.2 Å². The molecule has 1 aliphatic heterocycles. The molecule has 112 valence electrons. The Hall–Kier alpha value is -0.910. The number of carbonyl (C=O) groups is 1. The zero-order valence-corrected chi connectivity index (χ0v) is 10.9. The molecule has 1 heterocycles. The summed E-state index contributed by atoms with van der Waals surface area (Å²) in [6, 6.07) is -1.07. The Morgan fingerprint density at radius 1 is 1.47 bits per heavy atom. The maximum absolute atomic E-state index is 12.0. The van der Waals surface area contributed by atoms with Crippen molar-refractivity contribution in [1.82, 2.24) is 19.7 Å². The van der Waals surface area contributed by atoms with E-state index in [0.29, 0.717) is 0 Å². The van der Waals surface area contributed by atoms with Gasteiger partial charge in [0.2, 0.25) is 5.91 Å². The highest BCUT2D eigenvalue weighted by atomic mass is 32.2. The molecule has 0 aromatic carbocycles. The van der Waals surface area contributed by atoms with Gasteiger partial charge in [0.1, 0.15) is 12.6 Å². The van der Waals surface area contributed by atoms with Crippen molar-refractivity contribution in [3.8, 4) is 0 Å². The van der Waals surface area contributed by atoms with Crippen LogP contribution < -0.4 is 15.4 Å². The lowest BCUT2D eigenvalue weighted by molar-refractivity contribution is -0.124. The zero-order chi connectivity index (χ0) is 14.7. The van der Waals surface area contributed by atoms with E-state index in [4.69, 9.17) is 0 Å². The molecule has 1 rings (SSSR count). The molecule has 0 aromatic rings. The molecule has 7 nitrogen and oxygen atoms in total. The van der Waals surface area contributed by atoms with Gasteiger partial charge in [-0.2, -0.15) is 30.6 Å². The van der Waals surface area contributed by atoms with Crippen molar-refractivity contribution in [1.29, 1.82) is 0 Å². The van der Waals surface area contributed by atoms with Crippen LogP contribution in [0.1, 0.15) is 0 Å². The molecule has 1 fully saturated rings. The van der Waals surface area contributed by atoms with Crippen molar-refractivity contribution in [2.24, 2.45) is 0 Å². The molecule has 0 bridgehead atoms. The predicted octanol–water partition coefficient (Wildman–Crippen LogP) is -1.60. The van der Waals surface area contributed by atoms with Crippen LogP contribution in [0.5, 0.6) is 0 Å². The summed E-state index contributed by atoms with van der Waals surface area (Å²) >= 11 is 0. The molecule has 1 unspecified atom stereocenters. The van der Waals surface area contributed by atoms with Gasteiger partial charge >= 0.3 is 6.18 Å². The molecular formula is C8H15F3N4O3S. The number of alkyl halides is 3. The van der Waals surface area contributed by atoms with E-state index in [2.05, 4.69) is 10.6 Å². The van der Waals surface area contributed by atoms with E-state index in [1.807, 2.05) is 0 Å². The minimum absolute atomic E-state index is 0.0482. The topological polar surface area (TPSA) is 90.5 Å². The molecule has 19 heavy (non-hydrogen) atoms. The number of halogens is 3. The van der Waals surface area contributed by atoms with Gasteiger partial charge in [-0.05, 0) is 0 Å². The van der Waals surface area contributed by atoms with Crippen molar-refractivity contribution < 1.29 is 26.4 Å². The second-order valence-electron chi connectivity index (χ2n) is 3.89. The fourth-order valence-electron chi connectivity index (χ4n) is 1.62. The predicted molar refractivity (Wildman–Crippen MR) is 60.4 cm³/mol. The SMILES string of the molecule is CNC(=O)C1CNCCN1S(=O)(=O)NCC(F)(F)F. The van der Waals surface area contributed by atoms with Crippen LogP contribution in [0.15, 0.2) is 0 Å². The normalized spacial score (nSPS) is 22.2. The van der Waals surface area contributed by atoms with Crippen molar-refractivity contribution >= 4 is 16.1 Å². The Labute approximate surface area is 108 Å². The van der Waals surface area contributed by atoms with Gasteiger partial charge in [-0.3, -0.25) is 4.79 Å². The second-order valence-corrected chi connectivity index (χ2v) is 5.59. The Kier molecular flexibility index (Phi) is 5.12. The van der Waals surface area contributed by atoms with Crippen LogP contribution >= 0.6 is 0 Å². The minimum atomic E-state index is -4.65. The molecule has 0 spiro atoms. The van der Waals surface area contributed by atoms with Crippen LogP contribution in [0.4, 0.5) is 13.2 Å². The Bertz CT molecular complexity index is 425. The average molecular weight is 304 g/mol. The summed E-state index contributed by atoms with van der Waals surface area (Å²) < 4.78 is 61.8. The van der Waals surface area contributed by atoms with Crippen molar-refractivity contribution in [3.63, 3.8) is 0 Å². The number of likely N-dealkylation sites (N-methyl/N-ethyl adjacent to an activating group) is 1. The molecule has 0 radical (unpaired) electrons. The summed E-state index contributed by atoms with van der Waals surface area (Å²) in [5, 5.41) is 5.08. The van der Waals surface area contributed by atoms with Crippen molar-refractivity contribution in [2.45, 2.75) is 12.2 Å². The highest BCUT2D eigenvalue weighted by molar-refractivity contribution is 7.87. The van der Waals surface area contributed by atoms with E-state index in [0.717, 1.165) is 4.31 Å². The molecule has 3 N–H and O–H groups in total. The number of nitrogens with zero attached hydrogens (tertiary/aromatic N) is 1. The van der Waals surface area contributed by atoms with Gasteiger partial charge in [0.15, 0.2) is 0 Å². The number of hydrogen-bond acceptors (Lipinski definition) is 4. The van der Waals surface area contributed by atoms with E-state index < -0.39 is 34.9 Å². The Morgan fingerprint density at radius 3 is 2.63 bits per heavy atom. The quantitative estimate of drug-likeness (QED) is 0.584. The van der Waals surface area contributed by atoms with Crippen LogP contribution in [-0.4, -0.2) is 64.1 Å². The molecule has 1 aliphatic rings. The van der Waals surface area contributed by atoms with Crippen LogP contribution in [0.25, 0.3) is 0 Å². The van der Waals surface area contributed by atoms with E-state index in [1.54, 1.807) is 0 Å². The summed E-state index contributed by atoms with van der Waals surface area (Å²) in [7, 11) is -3.03. The Morgan fingerprint density at radius 2 is 2.11 bits per heavy atom. The minimum Gasteiger partial charge on any atom is -0.358 e. The fraction of sp³-hybridized carbons (Fsp3) is 0.875. The summed E-state index contributed by atoms with van der Waals surface area (Å²) in [6.07, 6.45) is -4.65. The third kappa shape index (κ3) is 4.60. The fourth-order valence-corrected chi connectivity index (χ4v) is 2.97. The number of carbonyl (C=O) groups excluding carboxylic acids is 1. The molecule has 1 atom stereocenters. The van der Waals surface area contributed by atoms with Gasteiger partial charge in [-0.15, -0.1) is 0 Å². The summed E-state index contributed by atoms with van der Waals surface area (Å²) in [4.78, 5) is 11.5. The molecular weight excluding hydrogens is 289 g/mol. The smallest absolute Gasteiger partial charge is 0.358 e. The van der Waals surface area contributed by atoms with Gasteiger partial charge in [0.05, 0.1) is 0 Å². The van der Waals surface area contributed by atoms with Crippen molar-refractivity contribution in [3.05, 3.63) is 0 Å². The average Bonchev–Trinajstić information content (AvgIpc) is 2.35.